The van der Waals surface area contributed by atoms with Crippen molar-refractivity contribution >= 4 is 27.7 Å². The molecule has 5 heteroatoms. The number of rotatable bonds is 7. The van der Waals surface area contributed by atoms with Gasteiger partial charge in [0.1, 0.15) is 0 Å². The van der Waals surface area contributed by atoms with E-state index < -0.39 is 15.9 Å². The third-order valence-corrected chi connectivity index (χ3v) is 7.10. The Morgan fingerprint density at radius 2 is 1.50 bits per heavy atom. The molecule has 0 spiro atoms. The molecule has 0 aliphatic rings. The number of amides is 1. The first-order chi connectivity index (χ1) is 15.2. The smallest absolute Gasteiger partial charge is 0.268 e. The van der Waals surface area contributed by atoms with Crippen LogP contribution in [0.15, 0.2) is 83.8 Å². The van der Waals surface area contributed by atoms with Gasteiger partial charge in [0.25, 0.3) is 15.9 Å². The molecule has 0 bridgehead atoms. The van der Waals surface area contributed by atoms with E-state index in [1.807, 2.05) is 50.2 Å². The van der Waals surface area contributed by atoms with Crippen LogP contribution in [0.25, 0.3) is 6.08 Å². The van der Waals surface area contributed by atoms with E-state index >= 15 is 0 Å². The lowest BCUT2D eigenvalue weighted by molar-refractivity contribution is -0.113. The SMILES string of the molecule is CCc1ccc(N(C(=O)/C=C/c2ccc(C(C)C)cc2)S(=O)(=O)c2ccc(C)cc2)cc1. The van der Waals surface area contributed by atoms with Gasteiger partial charge in [-0.25, -0.2) is 8.42 Å². The molecule has 3 aromatic rings. The quantitative estimate of drug-likeness (QED) is 0.410. The Labute approximate surface area is 191 Å². The van der Waals surface area contributed by atoms with Gasteiger partial charge in [0.05, 0.1) is 10.6 Å². The van der Waals surface area contributed by atoms with E-state index in [4.69, 9.17) is 0 Å². The molecule has 0 unspecified atom stereocenters. The Bertz CT molecular complexity index is 1190. The molecule has 0 radical (unpaired) electrons. The van der Waals surface area contributed by atoms with Gasteiger partial charge < -0.3 is 0 Å². The minimum atomic E-state index is -4.08. The molecule has 0 saturated heterocycles. The Morgan fingerprint density at radius 1 is 0.906 bits per heavy atom. The van der Waals surface area contributed by atoms with Gasteiger partial charge in [-0.3, -0.25) is 4.79 Å². The summed E-state index contributed by atoms with van der Waals surface area (Å²) >= 11 is 0. The lowest BCUT2D eigenvalue weighted by atomic mass is 10.0. The van der Waals surface area contributed by atoms with E-state index in [2.05, 4.69) is 13.8 Å². The van der Waals surface area contributed by atoms with Crippen molar-refractivity contribution in [2.24, 2.45) is 0 Å². The summed E-state index contributed by atoms with van der Waals surface area (Å²) in [4.78, 5) is 13.3. The predicted molar refractivity (Wildman–Crippen MR) is 131 cm³/mol. The molecule has 0 atom stereocenters. The first-order valence-corrected chi connectivity index (χ1v) is 12.2. The van der Waals surface area contributed by atoms with Gasteiger partial charge in [-0.2, -0.15) is 4.31 Å². The topological polar surface area (TPSA) is 54.5 Å². The lowest BCUT2D eigenvalue weighted by Gasteiger charge is -2.22. The summed E-state index contributed by atoms with van der Waals surface area (Å²) in [6, 6.07) is 21.4. The maximum absolute atomic E-state index is 13.4. The maximum Gasteiger partial charge on any atom is 0.271 e. The third kappa shape index (κ3) is 5.35. The highest BCUT2D eigenvalue weighted by Crippen LogP contribution is 2.25. The fourth-order valence-corrected chi connectivity index (χ4v) is 4.68. The van der Waals surface area contributed by atoms with Crippen molar-refractivity contribution in [1.82, 2.24) is 0 Å². The Morgan fingerprint density at radius 3 is 2.03 bits per heavy atom. The number of hydrogen-bond donors (Lipinski definition) is 0. The van der Waals surface area contributed by atoms with E-state index in [9.17, 15) is 13.2 Å². The van der Waals surface area contributed by atoms with Crippen LogP contribution in [-0.4, -0.2) is 14.3 Å². The van der Waals surface area contributed by atoms with Crippen LogP contribution >= 0.6 is 0 Å². The van der Waals surface area contributed by atoms with Crippen molar-refractivity contribution in [1.29, 1.82) is 0 Å². The van der Waals surface area contributed by atoms with Crippen molar-refractivity contribution in [3.05, 3.63) is 101 Å². The zero-order valence-corrected chi connectivity index (χ0v) is 19.8. The van der Waals surface area contributed by atoms with Crippen LogP contribution in [0.5, 0.6) is 0 Å². The Hall–Kier alpha value is -3.18. The molecule has 1 amide bonds. The van der Waals surface area contributed by atoms with Crippen LogP contribution in [-0.2, 0) is 21.2 Å². The molecular formula is C27H29NO3S. The van der Waals surface area contributed by atoms with E-state index in [1.54, 1.807) is 30.3 Å². The number of carbonyl (C=O) groups is 1. The van der Waals surface area contributed by atoms with Crippen molar-refractivity contribution in [3.63, 3.8) is 0 Å². The molecule has 4 nitrogen and oxygen atoms in total. The van der Waals surface area contributed by atoms with Crippen molar-refractivity contribution in [2.75, 3.05) is 4.31 Å². The van der Waals surface area contributed by atoms with Crippen LogP contribution in [0.4, 0.5) is 5.69 Å². The maximum atomic E-state index is 13.4. The van der Waals surface area contributed by atoms with E-state index in [-0.39, 0.29) is 4.90 Å². The van der Waals surface area contributed by atoms with Crippen molar-refractivity contribution in [3.8, 4) is 0 Å². The van der Waals surface area contributed by atoms with Crippen molar-refractivity contribution < 1.29 is 13.2 Å². The molecule has 0 heterocycles. The number of sulfonamides is 1. The summed E-state index contributed by atoms with van der Waals surface area (Å²) in [5.74, 6) is -0.210. The number of carbonyl (C=O) groups excluding carboxylic acids is 1. The molecule has 0 N–H and O–H groups in total. The molecule has 32 heavy (non-hydrogen) atoms. The number of nitrogens with zero attached hydrogens (tertiary/aromatic N) is 1. The zero-order chi connectivity index (χ0) is 23.3. The van der Waals surface area contributed by atoms with Gasteiger partial charge in [-0.05, 0) is 66.3 Å². The molecule has 0 aliphatic heterocycles. The summed E-state index contributed by atoms with van der Waals surface area (Å²) in [5, 5.41) is 0. The molecule has 0 aromatic heterocycles. The highest BCUT2D eigenvalue weighted by atomic mass is 32.2. The second kappa shape index (κ2) is 9.96. The first kappa shape index (κ1) is 23.5. The first-order valence-electron chi connectivity index (χ1n) is 10.8. The average molecular weight is 448 g/mol. The summed E-state index contributed by atoms with van der Waals surface area (Å²) in [5.41, 5.74) is 4.35. The van der Waals surface area contributed by atoms with Gasteiger partial charge in [0.2, 0.25) is 0 Å². The molecule has 3 aromatic carbocycles. The zero-order valence-electron chi connectivity index (χ0n) is 18.9. The largest absolute Gasteiger partial charge is 0.271 e. The summed E-state index contributed by atoms with van der Waals surface area (Å²) in [6.45, 7) is 8.14. The van der Waals surface area contributed by atoms with Crippen LogP contribution in [0.3, 0.4) is 0 Å². The second-order valence-electron chi connectivity index (χ2n) is 8.10. The van der Waals surface area contributed by atoms with Gasteiger partial charge in [-0.1, -0.05) is 74.9 Å². The minimum absolute atomic E-state index is 0.0747. The van der Waals surface area contributed by atoms with Gasteiger partial charge in [-0.15, -0.1) is 0 Å². The monoisotopic (exact) mass is 447 g/mol. The van der Waals surface area contributed by atoms with Crippen LogP contribution < -0.4 is 4.31 Å². The number of benzene rings is 3. The molecule has 0 saturated carbocycles. The third-order valence-electron chi connectivity index (χ3n) is 5.36. The molecule has 0 fully saturated rings. The average Bonchev–Trinajstić information content (AvgIpc) is 2.78. The predicted octanol–water partition coefficient (Wildman–Crippen LogP) is 6.12. The normalized spacial score (nSPS) is 11.8. The fraction of sp³-hybridized carbons (Fsp3) is 0.222. The van der Waals surface area contributed by atoms with E-state index in [1.165, 1.54) is 23.8 Å². The van der Waals surface area contributed by atoms with Crippen LogP contribution in [0.1, 0.15) is 48.9 Å². The minimum Gasteiger partial charge on any atom is -0.268 e. The number of aryl methyl sites for hydroxylation is 2. The Balaban J connectivity index is 1.99. The van der Waals surface area contributed by atoms with Gasteiger partial charge in [0.15, 0.2) is 0 Å². The molecule has 3 rings (SSSR count). The molecule has 166 valence electrons. The van der Waals surface area contributed by atoms with Crippen molar-refractivity contribution in [2.45, 2.75) is 44.9 Å². The van der Waals surface area contributed by atoms with Crippen LogP contribution in [0, 0.1) is 6.92 Å². The second-order valence-corrected chi connectivity index (χ2v) is 9.88. The van der Waals surface area contributed by atoms with Gasteiger partial charge in [0, 0.05) is 6.08 Å². The highest BCUT2D eigenvalue weighted by molar-refractivity contribution is 7.93. The number of anilines is 1. The summed E-state index contributed by atoms with van der Waals surface area (Å²) < 4.78 is 27.8. The molecular weight excluding hydrogens is 418 g/mol. The lowest BCUT2D eigenvalue weighted by Crippen LogP contribution is -2.35. The summed E-state index contributed by atoms with van der Waals surface area (Å²) in [6.07, 6.45) is 3.78. The fourth-order valence-electron chi connectivity index (χ4n) is 3.29. The van der Waals surface area contributed by atoms with Gasteiger partial charge >= 0.3 is 0 Å². The van der Waals surface area contributed by atoms with E-state index in [0.717, 1.165) is 27.4 Å². The number of hydrogen-bond acceptors (Lipinski definition) is 3. The standard InChI is InChI=1S/C27H29NO3S/c1-5-22-10-15-25(16-11-22)28(32(30,31)26-17-6-21(4)7-18-26)27(29)19-12-23-8-13-24(14-9-23)20(2)3/h6-20H,5H2,1-4H3/b19-12+. The Kier molecular flexibility index (Phi) is 7.31. The van der Waals surface area contributed by atoms with Crippen LogP contribution in [0.2, 0.25) is 0 Å². The highest BCUT2D eigenvalue weighted by Gasteiger charge is 2.29. The summed E-state index contributed by atoms with van der Waals surface area (Å²) in [7, 11) is -4.08. The molecule has 0 aliphatic carbocycles. The van der Waals surface area contributed by atoms with E-state index in [0.29, 0.717) is 11.6 Å².